The molecule has 0 saturated heterocycles. The highest BCUT2D eigenvalue weighted by atomic mass is 16.5. The zero-order valence-corrected chi connectivity index (χ0v) is 12.8. The quantitative estimate of drug-likeness (QED) is 0.846. The lowest BCUT2D eigenvalue weighted by Gasteiger charge is -2.30. The van der Waals surface area contributed by atoms with Gasteiger partial charge in [0, 0.05) is 12.2 Å². The molecule has 3 N–H and O–H groups in total. The summed E-state index contributed by atoms with van der Waals surface area (Å²) in [5, 5.41) is 2.89. The van der Waals surface area contributed by atoms with Crippen molar-refractivity contribution in [2.45, 2.75) is 51.7 Å². The van der Waals surface area contributed by atoms with E-state index >= 15 is 0 Å². The van der Waals surface area contributed by atoms with E-state index in [1.807, 2.05) is 24.3 Å². The van der Waals surface area contributed by atoms with Crippen molar-refractivity contribution in [3.63, 3.8) is 0 Å². The predicted octanol–water partition coefficient (Wildman–Crippen LogP) is 3.07. The Hall–Kier alpha value is -1.39. The molecule has 0 bridgehead atoms. The second-order valence-corrected chi connectivity index (χ2v) is 5.71. The van der Waals surface area contributed by atoms with Gasteiger partial charge in [-0.15, -0.1) is 0 Å². The van der Waals surface area contributed by atoms with Crippen LogP contribution < -0.4 is 11.1 Å². The number of nitrogens with two attached hydrogens (primary N) is 1. The zero-order chi connectivity index (χ0) is 15.1. The van der Waals surface area contributed by atoms with E-state index in [-0.39, 0.29) is 18.6 Å². The fourth-order valence-corrected chi connectivity index (χ4v) is 3.05. The van der Waals surface area contributed by atoms with Crippen LogP contribution in [0.25, 0.3) is 0 Å². The number of benzene rings is 1. The monoisotopic (exact) mass is 290 g/mol. The first-order valence-corrected chi connectivity index (χ1v) is 7.94. The molecule has 1 aromatic carbocycles. The first-order chi connectivity index (χ1) is 10.2. The van der Waals surface area contributed by atoms with Crippen molar-refractivity contribution in [1.29, 1.82) is 0 Å². The molecule has 0 spiro atoms. The lowest BCUT2D eigenvalue weighted by molar-refractivity contribution is -0.124. The Kier molecular flexibility index (Phi) is 6.21. The lowest BCUT2D eigenvalue weighted by atomic mass is 9.85. The number of hydrogen-bond acceptors (Lipinski definition) is 3. The third kappa shape index (κ3) is 4.55. The van der Waals surface area contributed by atoms with Gasteiger partial charge < -0.3 is 15.8 Å². The smallest absolute Gasteiger partial charge is 0.250 e. The van der Waals surface area contributed by atoms with Gasteiger partial charge in [0.05, 0.1) is 6.10 Å². The van der Waals surface area contributed by atoms with E-state index in [1.54, 1.807) is 0 Å². The predicted molar refractivity (Wildman–Crippen MR) is 85.0 cm³/mol. The van der Waals surface area contributed by atoms with Gasteiger partial charge in [-0.3, -0.25) is 4.79 Å². The number of amides is 1. The Morgan fingerprint density at radius 1 is 1.33 bits per heavy atom. The van der Waals surface area contributed by atoms with Crippen LogP contribution in [-0.2, 0) is 16.1 Å². The van der Waals surface area contributed by atoms with Crippen LogP contribution in [0.4, 0.5) is 5.69 Å². The maximum Gasteiger partial charge on any atom is 0.250 e. The van der Waals surface area contributed by atoms with Crippen molar-refractivity contribution in [2.75, 3.05) is 11.9 Å². The van der Waals surface area contributed by atoms with Gasteiger partial charge >= 0.3 is 0 Å². The van der Waals surface area contributed by atoms with Gasteiger partial charge in [0.15, 0.2) is 0 Å². The number of para-hydroxylation sites is 1. The third-order valence-corrected chi connectivity index (χ3v) is 4.30. The molecule has 1 amide bonds. The van der Waals surface area contributed by atoms with Crippen molar-refractivity contribution < 1.29 is 9.53 Å². The standard InChI is InChI=1S/C17H26N2O2/c1-2-13-7-4-6-10-16(13)21-12-17(20)19-15-9-5-3-8-14(15)11-18/h3,5,8-9,13,16H,2,4,6-7,10-12,18H2,1H3,(H,19,20). The van der Waals surface area contributed by atoms with E-state index in [0.717, 1.165) is 24.1 Å². The fraction of sp³-hybridized carbons (Fsp3) is 0.588. The van der Waals surface area contributed by atoms with Crippen LogP contribution in [0.1, 0.15) is 44.6 Å². The van der Waals surface area contributed by atoms with Crippen LogP contribution in [-0.4, -0.2) is 18.6 Å². The molecule has 116 valence electrons. The van der Waals surface area contributed by atoms with E-state index in [1.165, 1.54) is 19.3 Å². The minimum absolute atomic E-state index is 0.101. The highest BCUT2D eigenvalue weighted by Crippen LogP contribution is 2.29. The normalized spacial score (nSPS) is 22.0. The Balaban J connectivity index is 1.84. The highest BCUT2D eigenvalue weighted by Gasteiger charge is 2.24. The Labute approximate surface area is 127 Å². The number of anilines is 1. The summed E-state index contributed by atoms with van der Waals surface area (Å²) in [6.45, 7) is 2.74. The van der Waals surface area contributed by atoms with E-state index < -0.39 is 0 Å². The van der Waals surface area contributed by atoms with E-state index in [4.69, 9.17) is 10.5 Å². The first kappa shape index (κ1) is 16.0. The van der Waals surface area contributed by atoms with Crippen molar-refractivity contribution >= 4 is 11.6 Å². The number of carbonyl (C=O) groups excluding carboxylic acids is 1. The second kappa shape index (κ2) is 8.15. The largest absolute Gasteiger partial charge is 0.368 e. The molecular weight excluding hydrogens is 264 g/mol. The minimum Gasteiger partial charge on any atom is -0.368 e. The summed E-state index contributed by atoms with van der Waals surface area (Å²) in [6.07, 6.45) is 6.15. The minimum atomic E-state index is -0.101. The van der Waals surface area contributed by atoms with E-state index in [2.05, 4.69) is 12.2 Å². The average molecular weight is 290 g/mol. The zero-order valence-electron chi connectivity index (χ0n) is 12.8. The first-order valence-electron chi connectivity index (χ1n) is 7.94. The van der Waals surface area contributed by atoms with Crippen LogP contribution in [0.2, 0.25) is 0 Å². The summed E-state index contributed by atoms with van der Waals surface area (Å²) in [5.74, 6) is 0.499. The number of rotatable bonds is 6. The Morgan fingerprint density at radius 3 is 2.86 bits per heavy atom. The molecule has 2 atom stereocenters. The summed E-state index contributed by atoms with van der Waals surface area (Å²) in [6, 6.07) is 7.60. The molecule has 1 aromatic rings. The summed E-state index contributed by atoms with van der Waals surface area (Å²) in [7, 11) is 0. The molecule has 2 rings (SSSR count). The number of nitrogens with one attached hydrogen (secondary N) is 1. The summed E-state index contributed by atoms with van der Waals surface area (Å²) in [4.78, 5) is 12.0. The van der Waals surface area contributed by atoms with Crippen LogP contribution >= 0.6 is 0 Å². The van der Waals surface area contributed by atoms with E-state index in [9.17, 15) is 4.79 Å². The van der Waals surface area contributed by atoms with Gasteiger partial charge in [-0.1, -0.05) is 44.4 Å². The summed E-state index contributed by atoms with van der Waals surface area (Å²) < 4.78 is 5.85. The van der Waals surface area contributed by atoms with Gasteiger partial charge in [-0.25, -0.2) is 0 Å². The van der Waals surface area contributed by atoms with Crippen molar-refractivity contribution in [1.82, 2.24) is 0 Å². The van der Waals surface area contributed by atoms with Crippen molar-refractivity contribution in [2.24, 2.45) is 11.7 Å². The van der Waals surface area contributed by atoms with Crippen molar-refractivity contribution in [3.05, 3.63) is 29.8 Å². The molecule has 0 aromatic heterocycles. The van der Waals surface area contributed by atoms with Gasteiger partial charge in [0.2, 0.25) is 5.91 Å². The Bertz CT molecular complexity index is 462. The van der Waals surface area contributed by atoms with Crippen LogP contribution in [0.3, 0.4) is 0 Å². The molecule has 1 fully saturated rings. The molecule has 0 heterocycles. The molecule has 21 heavy (non-hydrogen) atoms. The SMILES string of the molecule is CCC1CCCCC1OCC(=O)Nc1ccccc1CN. The summed E-state index contributed by atoms with van der Waals surface area (Å²) in [5.41, 5.74) is 7.39. The molecule has 0 radical (unpaired) electrons. The molecule has 2 unspecified atom stereocenters. The maximum absolute atomic E-state index is 12.0. The average Bonchev–Trinajstić information content (AvgIpc) is 2.53. The molecule has 4 nitrogen and oxygen atoms in total. The fourth-order valence-electron chi connectivity index (χ4n) is 3.05. The Morgan fingerprint density at radius 2 is 2.10 bits per heavy atom. The molecule has 1 aliphatic carbocycles. The van der Waals surface area contributed by atoms with Gasteiger partial charge in [-0.2, -0.15) is 0 Å². The van der Waals surface area contributed by atoms with Gasteiger partial charge in [0.1, 0.15) is 6.61 Å². The summed E-state index contributed by atoms with van der Waals surface area (Å²) >= 11 is 0. The molecule has 0 aliphatic heterocycles. The molecule has 1 aliphatic rings. The van der Waals surface area contributed by atoms with Gasteiger partial charge in [0.25, 0.3) is 0 Å². The van der Waals surface area contributed by atoms with Crippen molar-refractivity contribution in [3.8, 4) is 0 Å². The number of ether oxygens (including phenoxy) is 1. The second-order valence-electron chi connectivity index (χ2n) is 5.71. The number of hydrogen-bond donors (Lipinski definition) is 2. The lowest BCUT2D eigenvalue weighted by Crippen LogP contribution is -2.31. The highest BCUT2D eigenvalue weighted by molar-refractivity contribution is 5.92. The third-order valence-electron chi connectivity index (χ3n) is 4.30. The van der Waals surface area contributed by atoms with Crippen LogP contribution in [0.5, 0.6) is 0 Å². The topological polar surface area (TPSA) is 64.3 Å². The van der Waals surface area contributed by atoms with E-state index in [0.29, 0.717) is 12.5 Å². The van der Waals surface area contributed by atoms with Crippen LogP contribution in [0.15, 0.2) is 24.3 Å². The molecule has 1 saturated carbocycles. The molecular formula is C17H26N2O2. The number of carbonyl (C=O) groups is 1. The van der Waals surface area contributed by atoms with Crippen LogP contribution in [0, 0.1) is 5.92 Å². The maximum atomic E-state index is 12.0. The molecule has 4 heteroatoms. The van der Waals surface area contributed by atoms with Gasteiger partial charge in [-0.05, 0) is 30.4 Å².